The summed E-state index contributed by atoms with van der Waals surface area (Å²) in [7, 11) is 1.81. The van der Waals surface area contributed by atoms with Gasteiger partial charge in [-0.2, -0.15) is 0 Å². The van der Waals surface area contributed by atoms with E-state index in [-0.39, 0.29) is 11.6 Å². The monoisotopic (exact) mass is 259 g/mol. The first-order chi connectivity index (χ1) is 8.79. The molecule has 1 heterocycles. The van der Waals surface area contributed by atoms with Crippen molar-refractivity contribution in [3.63, 3.8) is 0 Å². The van der Waals surface area contributed by atoms with Crippen molar-refractivity contribution in [2.45, 2.75) is 51.2 Å². The number of ether oxygens (including phenoxy) is 3. The van der Waals surface area contributed by atoms with Crippen LogP contribution in [-0.2, 0) is 14.2 Å². The fourth-order valence-corrected chi connectivity index (χ4v) is 2.47. The Bertz CT molecular complexity index is 205. The van der Waals surface area contributed by atoms with Crippen LogP contribution in [0.5, 0.6) is 0 Å². The van der Waals surface area contributed by atoms with Gasteiger partial charge in [-0.15, -0.1) is 0 Å². The second kappa shape index (κ2) is 8.86. The Hall–Kier alpha value is -0.160. The van der Waals surface area contributed by atoms with Gasteiger partial charge in [0.1, 0.15) is 0 Å². The van der Waals surface area contributed by atoms with Gasteiger partial charge in [-0.3, -0.25) is 0 Å². The number of hydrogen-bond donors (Lipinski definition) is 1. The molecule has 1 atom stereocenters. The van der Waals surface area contributed by atoms with Crippen molar-refractivity contribution in [1.29, 1.82) is 0 Å². The van der Waals surface area contributed by atoms with E-state index >= 15 is 0 Å². The summed E-state index contributed by atoms with van der Waals surface area (Å²) in [6, 6.07) is 0.262. The minimum absolute atomic E-state index is 0.124. The maximum atomic E-state index is 5.85. The van der Waals surface area contributed by atoms with Crippen LogP contribution >= 0.6 is 0 Å². The van der Waals surface area contributed by atoms with Crippen molar-refractivity contribution in [2.24, 2.45) is 0 Å². The highest BCUT2D eigenvalue weighted by Gasteiger charge is 2.40. The molecule has 0 amide bonds. The molecule has 0 aromatic carbocycles. The summed E-state index contributed by atoms with van der Waals surface area (Å²) in [5.41, 5.74) is -0.124. The SMILES string of the molecule is CCCNC(COCCC)C1(OC)CCOCC1. The molecule has 1 aliphatic heterocycles. The minimum Gasteiger partial charge on any atom is -0.381 e. The topological polar surface area (TPSA) is 39.7 Å². The third kappa shape index (κ3) is 4.50. The number of nitrogens with one attached hydrogen (secondary N) is 1. The molecule has 0 aliphatic carbocycles. The zero-order valence-electron chi connectivity index (χ0n) is 12.2. The second-order valence-electron chi connectivity index (χ2n) is 4.96. The molecule has 4 nitrogen and oxygen atoms in total. The maximum absolute atomic E-state index is 5.85. The predicted molar refractivity (Wildman–Crippen MR) is 73.0 cm³/mol. The van der Waals surface area contributed by atoms with Gasteiger partial charge in [0.2, 0.25) is 0 Å². The van der Waals surface area contributed by atoms with Crippen molar-refractivity contribution in [2.75, 3.05) is 40.1 Å². The molecule has 0 bridgehead atoms. The third-order valence-electron chi connectivity index (χ3n) is 3.65. The lowest BCUT2D eigenvalue weighted by Gasteiger charge is -2.42. The Balaban J connectivity index is 2.58. The highest BCUT2D eigenvalue weighted by atomic mass is 16.5. The predicted octanol–water partition coefficient (Wildman–Crippen LogP) is 1.98. The zero-order valence-corrected chi connectivity index (χ0v) is 12.2. The molecule has 1 aliphatic rings. The molecule has 0 saturated carbocycles. The Morgan fingerprint density at radius 2 is 1.94 bits per heavy atom. The van der Waals surface area contributed by atoms with E-state index in [1.165, 1.54) is 0 Å². The van der Waals surface area contributed by atoms with Crippen molar-refractivity contribution in [3.8, 4) is 0 Å². The summed E-state index contributed by atoms with van der Waals surface area (Å²) < 4.78 is 17.0. The van der Waals surface area contributed by atoms with Gasteiger partial charge < -0.3 is 19.5 Å². The van der Waals surface area contributed by atoms with Crippen LogP contribution in [-0.4, -0.2) is 51.7 Å². The van der Waals surface area contributed by atoms with Crippen LogP contribution in [0.3, 0.4) is 0 Å². The Kier molecular flexibility index (Phi) is 7.82. The molecule has 0 spiro atoms. The molecular weight excluding hydrogens is 230 g/mol. The molecule has 1 saturated heterocycles. The molecule has 0 radical (unpaired) electrons. The Morgan fingerprint density at radius 3 is 2.50 bits per heavy atom. The summed E-state index contributed by atoms with van der Waals surface area (Å²) in [6.07, 6.45) is 4.07. The molecule has 1 rings (SSSR count). The first-order valence-electron chi connectivity index (χ1n) is 7.23. The normalized spacial score (nSPS) is 20.8. The number of hydrogen-bond acceptors (Lipinski definition) is 4. The van der Waals surface area contributed by atoms with Crippen LogP contribution in [0.15, 0.2) is 0 Å². The van der Waals surface area contributed by atoms with Crippen molar-refractivity contribution in [1.82, 2.24) is 5.32 Å². The second-order valence-corrected chi connectivity index (χ2v) is 4.96. The molecule has 1 fully saturated rings. The smallest absolute Gasteiger partial charge is 0.0897 e. The molecule has 1 unspecified atom stereocenters. The lowest BCUT2D eigenvalue weighted by atomic mass is 9.86. The van der Waals surface area contributed by atoms with Crippen LogP contribution in [0.25, 0.3) is 0 Å². The van der Waals surface area contributed by atoms with Crippen molar-refractivity contribution in [3.05, 3.63) is 0 Å². The lowest BCUT2D eigenvalue weighted by molar-refractivity contribution is -0.122. The van der Waals surface area contributed by atoms with Crippen LogP contribution in [0.1, 0.15) is 39.5 Å². The van der Waals surface area contributed by atoms with E-state index in [9.17, 15) is 0 Å². The van der Waals surface area contributed by atoms with Gasteiger partial charge in [0, 0.05) is 39.8 Å². The average molecular weight is 259 g/mol. The molecule has 0 aromatic rings. The summed E-state index contributed by atoms with van der Waals surface area (Å²) in [4.78, 5) is 0. The highest BCUT2D eigenvalue weighted by Crippen LogP contribution is 2.28. The molecule has 18 heavy (non-hydrogen) atoms. The molecule has 1 N–H and O–H groups in total. The van der Waals surface area contributed by atoms with E-state index in [2.05, 4.69) is 19.2 Å². The van der Waals surface area contributed by atoms with Crippen molar-refractivity contribution >= 4 is 0 Å². The van der Waals surface area contributed by atoms with Gasteiger partial charge in [0.25, 0.3) is 0 Å². The summed E-state index contributed by atoms with van der Waals surface area (Å²) in [5, 5.41) is 3.58. The lowest BCUT2D eigenvalue weighted by Crippen LogP contribution is -2.57. The summed E-state index contributed by atoms with van der Waals surface area (Å²) in [6.45, 7) is 8.43. The van der Waals surface area contributed by atoms with Gasteiger partial charge in [0.15, 0.2) is 0 Å². The molecule has 0 aromatic heterocycles. The van der Waals surface area contributed by atoms with E-state index < -0.39 is 0 Å². The average Bonchev–Trinajstić information content (AvgIpc) is 2.43. The Labute approximate surface area is 111 Å². The van der Waals surface area contributed by atoms with Crippen LogP contribution < -0.4 is 5.32 Å². The fourth-order valence-electron chi connectivity index (χ4n) is 2.47. The summed E-state index contributed by atoms with van der Waals surface area (Å²) >= 11 is 0. The van der Waals surface area contributed by atoms with Gasteiger partial charge >= 0.3 is 0 Å². The molecule has 108 valence electrons. The van der Waals surface area contributed by atoms with Crippen LogP contribution in [0.4, 0.5) is 0 Å². The van der Waals surface area contributed by atoms with E-state index in [0.29, 0.717) is 0 Å². The van der Waals surface area contributed by atoms with E-state index in [0.717, 1.165) is 58.7 Å². The summed E-state index contributed by atoms with van der Waals surface area (Å²) in [5.74, 6) is 0. The standard InChI is InChI=1S/C14H29NO3/c1-4-8-15-13(12-18-9-5-2)14(16-3)6-10-17-11-7-14/h13,15H,4-12H2,1-3H3. The van der Waals surface area contributed by atoms with Gasteiger partial charge in [0.05, 0.1) is 18.2 Å². The quantitative estimate of drug-likeness (QED) is 0.643. The number of methoxy groups -OCH3 is 1. The molecular formula is C14H29NO3. The van der Waals surface area contributed by atoms with E-state index in [4.69, 9.17) is 14.2 Å². The van der Waals surface area contributed by atoms with Crippen LogP contribution in [0.2, 0.25) is 0 Å². The maximum Gasteiger partial charge on any atom is 0.0897 e. The van der Waals surface area contributed by atoms with E-state index in [1.54, 1.807) is 0 Å². The van der Waals surface area contributed by atoms with Crippen LogP contribution in [0, 0.1) is 0 Å². The van der Waals surface area contributed by atoms with Gasteiger partial charge in [-0.05, 0) is 19.4 Å². The fraction of sp³-hybridized carbons (Fsp3) is 1.00. The number of rotatable bonds is 9. The first-order valence-corrected chi connectivity index (χ1v) is 7.23. The first kappa shape index (κ1) is 15.9. The minimum atomic E-state index is -0.124. The Morgan fingerprint density at radius 1 is 1.22 bits per heavy atom. The molecule has 4 heteroatoms. The van der Waals surface area contributed by atoms with Gasteiger partial charge in [-0.1, -0.05) is 13.8 Å². The zero-order chi connectivity index (χ0) is 13.3. The van der Waals surface area contributed by atoms with Crippen molar-refractivity contribution < 1.29 is 14.2 Å². The third-order valence-corrected chi connectivity index (χ3v) is 3.65. The largest absolute Gasteiger partial charge is 0.381 e. The van der Waals surface area contributed by atoms with Gasteiger partial charge in [-0.25, -0.2) is 0 Å². The van der Waals surface area contributed by atoms with E-state index in [1.807, 2.05) is 7.11 Å². The highest BCUT2D eigenvalue weighted by molar-refractivity contribution is 4.95.